The van der Waals surface area contributed by atoms with Crippen molar-refractivity contribution in [1.29, 1.82) is 0 Å². The van der Waals surface area contributed by atoms with Gasteiger partial charge in [0.25, 0.3) is 0 Å². The van der Waals surface area contributed by atoms with Gasteiger partial charge in [-0.1, -0.05) is 19.9 Å². The molecule has 22 heavy (non-hydrogen) atoms. The fourth-order valence-electron chi connectivity index (χ4n) is 3.45. The van der Waals surface area contributed by atoms with Crippen molar-refractivity contribution in [2.75, 3.05) is 13.1 Å². The molecule has 1 aromatic carbocycles. The molecule has 0 aromatic heterocycles. The van der Waals surface area contributed by atoms with Crippen LogP contribution in [0.5, 0.6) is 0 Å². The number of nitrogens with zero attached hydrogens (tertiary/aromatic N) is 1. The average Bonchev–Trinajstić information content (AvgIpc) is 3.21. The van der Waals surface area contributed by atoms with Crippen LogP contribution < -0.4 is 5.73 Å². The number of rotatable bonds is 2. The fourth-order valence-corrected chi connectivity index (χ4v) is 3.45. The van der Waals surface area contributed by atoms with Gasteiger partial charge in [-0.2, -0.15) is 0 Å². The molecule has 2 aliphatic rings. The van der Waals surface area contributed by atoms with Crippen LogP contribution in [0.2, 0.25) is 0 Å². The number of hydrogen-bond donors (Lipinski definition) is 1. The third kappa shape index (κ3) is 2.62. The van der Waals surface area contributed by atoms with Crippen LogP contribution in [0, 0.1) is 23.0 Å². The van der Waals surface area contributed by atoms with Crippen molar-refractivity contribution in [2.45, 2.75) is 38.6 Å². The van der Waals surface area contributed by atoms with Crippen molar-refractivity contribution in [3.63, 3.8) is 0 Å². The first kappa shape index (κ1) is 15.4. The molecule has 0 bridgehead atoms. The largest absolute Gasteiger partial charge is 0.342 e. The van der Waals surface area contributed by atoms with Gasteiger partial charge in [0.1, 0.15) is 11.6 Å². The number of likely N-dealkylation sites (tertiary alicyclic amines) is 1. The van der Waals surface area contributed by atoms with Gasteiger partial charge in [-0.3, -0.25) is 4.79 Å². The number of halogens is 2. The van der Waals surface area contributed by atoms with Gasteiger partial charge >= 0.3 is 0 Å². The molecule has 120 valence electrons. The number of carbonyl (C=O) groups excluding carboxylic acids is 1. The van der Waals surface area contributed by atoms with E-state index in [4.69, 9.17) is 5.73 Å². The molecule has 0 radical (unpaired) electrons. The van der Waals surface area contributed by atoms with Crippen LogP contribution in [0.4, 0.5) is 8.78 Å². The average molecular weight is 308 g/mol. The molecule has 3 nitrogen and oxygen atoms in total. The third-order valence-corrected chi connectivity index (χ3v) is 5.10. The molecular weight excluding hydrogens is 286 g/mol. The molecule has 3 atom stereocenters. The summed E-state index contributed by atoms with van der Waals surface area (Å²) >= 11 is 0. The van der Waals surface area contributed by atoms with Crippen molar-refractivity contribution in [2.24, 2.45) is 17.1 Å². The highest BCUT2D eigenvalue weighted by Gasteiger charge is 2.49. The Morgan fingerprint density at radius 2 is 1.95 bits per heavy atom. The summed E-state index contributed by atoms with van der Waals surface area (Å²) in [5, 5.41) is 0. The second kappa shape index (κ2) is 5.30. The molecule has 1 aromatic rings. The molecule has 1 saturated carbocycles. The van der Waals surface area contributed by atoms with Crippen LogP contribution >= 0.6 is 0 Å². The van der Waals surface area contributed by atoms with Crippen molar-refractivity contribution in [1.82, 2.24) is 4.90 Å². The highest BCUT2D eigenvalue weighted by Crippen LogP contribution is 2.50. The zero-order valence-electron chi connectivity index (χ0n) is 13.0. The number of benzene rings is 1. The Morgan fingerprint density at radius 1 is 1.32 bits per heavy atom. The first-order valence-electron chi connectivity index (χ1n) is 7.79. The Balaban J connectivity index is 1.71. The molecule has 0 spiro atoms. The number of piperidine rings is 1. The zero-order chi connectivity index (χ0) is 16.1. The summed E-state index contributed by atoms with van der Waals surface area (Å²) in [5.41, 5.74) is 6.03. The molecule has 1 saturated heterocycles. The predicted molar refractivity (Wildman–Crippen MR) is 80.2 cm³/mol. The molecule has 3 unspecified atom stereocenters. The van der Waals surface area contributed by atoms with Crippen molar-refractivity contribution in [3.8, 4) is 0 Å². The van der Waals surface area contributed by atoms with Crippen LogP contribution in [0.3, 0.4) is 0 Å². The van der Waals surface area contributed by atoms with E-state index in [-0.39, 0.29) is 34.8 Å². The maximum Gasteiger partial charge on any atom is 0.226 e. The molecule has 3 rings (SSSR count). The lowest BCUT2D eigenvalue weighted by Gasteiger charge is -2.42. The van der Waals surface area contributed by atoms with Crippen LogP contribution in [0.25, 0.3) is 0 Å². The lowest BCUT2D eigenvalue weighted by atomic mass is 9.79. The monoisotopic (exact) mass is 308 g/mol. The van der Waals surface area contributed by atoms with Gasteiger partial charge in [-0.25, -0.2) is 8.78 Å². The zero-order valence-corrected chi connectivity index (χ0v) is 13.0. The number of carbonyl (C=O) groups is 1. The van der Waals surface area contributed by atoms with Crippen molar-refractivity contribution >= 4 is 5.91 Å². The summed E-state index contributed by atoms with van der Waals surface area (Å²) in [7, 11) is 0. The van der Waals surface area contributed by atoms with E-state index < -0.39 is 11.6 Å². The Kier molecular flexibility index (Phi) is 3.71. The minimum Gasteiger partial charge on any atom is -0.342 e. The van der Waals surface area contributed by atoms with Gasteiger partial charge in [0.15, 0.2) is 0 Å². The van der Waals surface area contributed by atoms with Gasteiger partial charge in [-0.05, 0) is 30.4 Å². The minimum absolute atomic E-state index is 0.00706. The smallest absolute Gasteiger partial charge is 0.226 e. The normalized spacial score (nSPS) is 30.2. The first-order chi connectivity index (χ1) is 10.3. The molecule has 1 amide bonds. The van der Waals surface area contributed by atoms with E-state index in [9.17, 15) is 13.6 Å². The Labute approximate surface area is 129 Å². The second-order valence-corrected chi connectivity index (χ2v) is 7.23. The topological polar surface area (TPSA) is 46.3 Å². The second-order valence-electron chi connectivity index (χ2n) is 7.23. The highest BCUT2D eigenvalue weighted by atomic mass is 19.1. The summed E-state index contributed by atoms with van der Waals surface area (Å²) in [6.45, 7) is 5.35. The van der Waals surface area contributed by atoms with Crippen LogP contribution in [-0.4, -0.2) is 29.9 Å². The Morgan fingerprint density at radius 3 is 2.55 bits per heavy atom. The molecule has 2 N–H and O–H groups in total. The summed E-state index contributed by atoms with van der Waals surface area (Å²) in [6, 6.07) is 3.93. The lowest BCUT2D eigenvalue weighted by molar-refractivity contribution is -0.136. The van der Waals surface area contributed by atoms with E-state index in [0.29, 0.717) is 19.5 Å². The van der Waals surface area contributed by atoms with Crippen LogP contribution in [0.1, 0.15) is 38.2 Å². The maximum absolute atomic E-state index is 13.8. The first-order valence-corrected chi connectivity index (χ1v) is 7.79. The predicted octanol–water partition coefficient (Wildman–Crippen LogP) is 2.65. The van der Waals surface area contributed by atoms with Crippen LogP contribution in [0.15, 0.2) is 18.2 Å². The maximum atomic E-state index is 13.8. The number of amides is 1. The number of nitrogens with two attached hydrogens (primary N) is 1. The molecule has 5 heteroatoms. The third-order valence-electron chi connectivity index (χ3n) is 5.10. The van der Waals surface area contributed by atoms with Crippen molar-refractivity contribution < 1.29 is 13.6 Å². The molecule has 1 aliphatic heterocycles. The number of hydrogen-bond acceptors (Lipinski definition) is 2. The van der Waals surface area contributed by atoms with E-state index in [2.05, 4.69) is 13.8 Å². The standard InChI is InChI=1S/C17H22F2N2O/c1-17(2)9-21(7-6-14(17)20)16(22)11-8-10(11)15-12(18)4-3-5-13(15)19/h3-5,10-11,14H,6-9,20H2,1-2H3. The minimum atomic E-state index is -0.554. The van der Waals surface area contributed by atoms with E-state index >= 15 is 0 Å². The molecule has 1 aliphatic carbocycles. The van der Waals surface area contributed by atoms with E-state index in [1.807, 2.05) is 4.90 Å². The van der Waals surface area contributed by atoms with E-state index in [1.54, 1.807) is 0 Å². The SMILES string of the molecule is CC1(C)CN(C(=O)C2CC2c2c(F)cccc2F)CCC1N. The molecule has 1 heterocycles. The summed E-state index contributed by atoms with van der Waals surface area (Å²) in [5.74, 6) is -1.72. The lowest BCUT2D eigenvalue weighted by Crippen LogP contribution is -2.54. The molecule has 2 fully saturated rings. The van der Waals surface area contributed by atoms with Gasteiger partial charge in [-0.15, -0.1) is 0 Å². The summed E-state index contributed by atoms with van der Waals surface area (Å²) in [4.78, 5) is 14.4. The van der Waals surface area contributed by atoms with E-state index in [1.165, 1.54) is 18.2 Å². The Bertz CT molecular complexity index is 582. The van der Waals surface area contributed by atoms with Gasteiger partial charge < -0.3 is 10.6 Å². The van der Waals surface area contributed by atoms with E-state index in [0.717, 1.165) is 6.42 Å². The summed E-state index contributed by atoms with van der Waals surface area (Å²) < 4.78 is 27.6. The Hall–Kier alpha value is -1.49. The van der Waals surface area contributed by atoms with Gasteiger partial charge in [0.2, 0.25) is 5.91 Å². The van der Waals surface area contributed by atoms with Crippen molar-refractivity contribution in [3.05, 3.63) is 35.4 Å². The van der Waals surface area contributed by atoms with Crippen LogP contribution in [-0.2, 0) is 4.79 Å². The fraction of sp³-hybridized carbons (Fsp3) is 0.588. The summed E-state index contributed by atoms with van der Waals surface area (Å²) in [6.07, 6.45) is 1.30. The highest BCUT2D eigenvalue weighted by molar-refractivity contribution is 5.83. The quantitative estimate of drug-likeness (QED) is 0.913. The molecular formula is C17H22F2N2O. The van der Waals surface area contributed by atoms with Gasteiger partial charge in [0, 0.05) is 36.5 Å². The van der Waals surface area contributed by atoms with Gasteiger partial charge in [0.05, 0.1) is 0 Å².